The Balaban J connectivity index is 2.13. The minimum absolute atomic E-state index is 0.487. The number of nitrogens with zero attached hydrogens (tertiary/aromatic N) is 2. The Bertz CT molecular complexity index is 253. The van der Waals surface area contributed by atoms with E-state index >= 15 is 0 Å². The molecule has 1 aromatic rings. The van der Waals surface area contributed by atoms with Crippen molar-refractivity contribution in [3.8, 4) is 0 Å². The third-order valence-electron chi connectivity index (χ3n) is 2.28. The summed E-state index contributed by atoms with van der Waals surface area (Å²) in [4.78, 5) is 3.99. The van der Waals surface area contributed by atoms with E-state index in [0.717, 1.165) is 31.9 Å². The van der Waals surface area contributed by atoms with Crippen molar-refractivity contribution in [3.63, 3.8) is 0 Å². The third kappa shape index (κ3) is 1.30. The zero-order valence-corrected chi connectivity index (χ0v) is 6.94. The van der Waals surface area contributed by atoms with Crippen LogP contribution in [0.2, 0.25) is 0 Å². The lowest BCUT2D eigenvalue weighted by molar-refractivity contribution is 0.0701. The van der Waals surface area contributed by atoms with Gasteiger partial charge in [-0.3, -0.25) is 0 Å². The Labute approximate surface area is 71.3 Å². The molecule has 2 heterocycles. The molecule has 1 aromatic heterocycles. The summed E-state index contributed by atoms with van der Waals surface area (Å²) >= 11 is 0. The lowest BCUT2D eigenvalue weighted by Gasteiger charge is -2.23. The van der Waals surface area contributed by atoms with Crippen molar-refractivity contribution < 1.29 is 4.74 Å². The van der Waals surface area contributed by atoms with Gasteiger partial charge in [0.25, 0.3) is 0 Å². The molecule has 4 nitrogen and oxygen atoms in total. The summed E-state index contributed by atoms with van der Waals surface area (Å²) in [7, 11) is 0. The first-order chi connectivity index (χ1) is 5.88. The molecule has 0 saturated carbocycles. The molecule has 12 heavy (non-hydrogen) atoms. The summed E-state index contributed by atoms with van der Waals surface area (Å²) in [5.41, 5.74) is 5.73. The summed E-state index contributed by atoms with van der Waals surface area (Å²) in [5.74, 6) is 0.752. The van der Waals surface area contributed by atoms with Gasteiger partial charge in [-0.2, -0.15) is 0 Å². The van der Waals surface area contributed by atoms with Crippen LogP contribution in [0.1, 0.15) is 18.9 Å². The van der Waals surface area contributed by atoms with E-state index < -0.39 is 0 Å². The maximum Gasteiger partial charge on any atom is 0.123 e. The average Bonchev–Trinajstić information content (AvgIpc) is 2.53. The van der Waals surface area contributed by atoms with E-state index in [4.69, 9.17) is 10.5 Å². The zero-order chi connectivity index (χ0) is 8.39. The van der Waals surface area contributed by atoms with Gasteiger partial charge in [0.15, 0.2) is 0 Å². The fourth-order valence-corrected chi connectivity index (χ4v) is 1.58. The van der Waals surface area contributed by atoms with Gasteiger partial charge < -0.3 is 15.0 Å². The van der Waals surface area contributed by atoms with Gasteiger partial charge in [-0.05, 0) is 12.8 Å². The fourth-order valence-electron chi connectivity index (χ4n) is 1.58. The van der Waals surface area contributed by atoms with Crippen molar-refractivity contribution in [2.75, 3.05) is 18.9 Å². The molecular formula is C8H13N3O. The molecule has 0 atom stereocenters. The van der Waals surface area contributed by atoms with Gasteiger partial charge in [0.05, 0.1) is 12.5 Å². The molecule has 66 valence electrons. The van der Waals surface area contributed by atoms with E-state index in [2.05, 4.69) is 4.98 Å². The molecule has 0 bridgehead atoms. The van der Waals surface area contributed by atoms with Crippen LogP contribution < -0.4 is 5.73 Å². The molecule has 0 aliphatic carbocycles. The van der Waals surface area contributed by atoms with E-state index in [1.807, 2.05) is 4.57 Å². The van der Waals surface area contributed by atoms with Crippen molar-refractivity contribution in [2.45, 2.75) is 18.9 Å². The molecule has 2 rings (SSSR count). The second kappa shape index (κ2) is 3.15. The highest BCUT2D eigenvalue weighted by atomic mass is 16.5. The molecule has 1 aliphatic heterocycles. The quantitative estimate of drug-likeness (QED) is 0.673. The molecule has 4 heteroatoms. The van der Waals surface area contributed by atoms with Crippen molar-refractivity contribution in [2.24, 2.45) is 0 Å². The highest BCUT2D eigenvalue weighted by molar-refractivity contribution is 5.25. The molecule has 1 saturated heterocycles. The minimum Gasteiger partial charge on any atom is -0.384 e. The Hall–Kier alpha value is -1.03. The Morgan fingerprint density at radius 2 is 2.25 bits per heavy atom. The van der Waals surface area contributed by atoms with Crippen molar-refractivity contribution >= 4 is 5.82 Å². The van der Waals surface area contributed by atoms with Gasteiger partial charge in [-0.25, -0.2) is 4.98 Å². The first-order valence-corrected chi connectivity index (χ1v) is 4.23. The molecule has 1 fully saturated rings. The van der Waals surface area contributed by atoms with Crippen LogP contribution in [-0.4, -0.2) is 22.8 Å². The number of hydrogen-bond donors (Lipinski definition) is 1. The molecule has 1 aliphatic rings. The molecule has 0 amide bonds. The van der Waals surface area contributed by atoms with E-state index in [1.165, 1.54) is 0 Å². The largest absolute Gasteiger partial charge is 0.384 e. The summed E-state index contributed by atoms with van der Waals surface area (Å²) in [6.07, 6.45) is 5.57. The first-order valence-electron chi connectivity index (χ1n) is 4.23. The van der Waals surface area contributed by atoms with Gasteiger partial charge in [0.2, 0.25) is 0 Å². The molecular weight excluding hydrogens is 154 g/mol. The Morgan fingerprint density at radius 1 is 1.50 bits per heavy atom. The summed E-state index contributed by atoms with van der Waals surface area (Å²) in [5, 5.41) is 0. The van der Waals surface area contributed by atoms with Gasteiger partial charge in [-0.15, -0.1) is 0 Å². The zero-order valence-electron chi connectivity index (χ0n) is 6.94. The number of nitrogen functional groups attached to an aromatic ring is 1. The smallest absolute Gasteiger partial charge is 0.123 e. The molecule has 0 aromatic carbocycles. The number of nitrogens with two attached hydrogens (primary N) is 1. The van der Waals surface area contributed by atoms with Crippen LogP contribution in [0.4, 0.5) is 5.82 Å². The van der Waals surface area contributed by atoms with Gasteiger partial charge in [0, 0.05) is 19.3 Å². The number of rotatable bonds is 1. The molecule has 0 spiro atoms. The van der Waals surface area contributed by atoms with Gasteiger partial charge >= 0.3 is 0 Å². The van der Waals surface area contributed by atoms with Crippen molar-refractivity contribution in [1.82, 2.24) is 9.55 Å². The van der Waals surface area contributed by atoms with Gasteiger partial charge in [0.1, 0.15) is 5.82 Å². The number of anilines is 1. The second-order valence-electron chi connectivity index (χ2n) is 3.07. The van der Waals surface area contributed by atoms with Crippen LogP contribution in [-0.2, 0) is 4.74 Å². The van der Waals surface area contributed by atoms with Crippen LogP contribution in [0.3, 0.4) is 0 Å². The number of ether oxygens (including phenoxy) is 1. The topological polar surface area (TPSA) is 53.1 Å². The van der Waals surface area contributed by atoms with E-state index in [1.54, 1.807) is 12.5 Å². The van der Waals surface area contributed by atoms with Crippen LogP contribution >= 0.6 is 0 Å². The van der Waals surface area contributed by atoms with Crippen LogP contribution in [0.25, 0.3) is 0 Å². The fraction of sp³-hybridized carbons (Fsp3) is 0.625. The van der Waals surface area contributed by atoms with E-state index in [-0.39, 0.29) is 0 Å². The minimum atomic E-state index is 0.487. The monoisotopic (exact) mass is 167 g/mol. The number of imidazole rings is 1. The predicted molar refractivity (Wildman–Crippen MR) is 45.7 cm³/mol. The molecule has 0 unspecified atom stereocenters. The predicted octanol–water partition coefficient (Wildman–Crippen LogP) is 0.817. The second-order valence-corrected chi connectivity index (χ2v) is 3.07. The summed E-state index contributed by atoms with van der Waals surface area (Å²) < 4.78 is 7.29. The van der Waals surface area contributed by atoms with Crippen molar-refractivity contribution in [3.05, 3.63) is 12.5 Å². The highest BCUT2D eigenvalue weighted by Gasteiger charge is 2.16. The SMILES string of the molecule is Nc1cncn1C1CCOCC1. The lowest BCUT2D eigenvalue weighted by atomic mass is 10.1. The van der Waals surface area contributed by atoms with Crippen LogP contribution in [0.15, 0.2) is 12.5 Å². The van der Waals surface area contributed by atoms with Crippen molar-refractivity contribution in [1.29, 1.82) is 0 Å². The lowest BCUT2D eigenvalue weighted by Crippen LogP contribution is -2.20. The normalized spacial score (nSPS) is 19.7. The highest BCUT2D eigenvalue weighted by Crippen LogP contribution is 2.22. The first kappa shape index (κ1) is 7.61. The summed E-state index contributed by atoms with van der Waals surface area (Å²) in [6, 6.07) is 0.487. The van der Waals surface area contributed by atoms with Crippen LogP contribution in [0.5, 0.6) is 0 Å². The third-order valence-corrected chi connectivity index (χ3v) is 2.28. The average molecular weight is 167 g/mol. The molecule has 2 N–H and O–H groups in total. The number of hydrogen-bond acceptors (Lipinski definition) is 3. The van der Waals surface area contributed by atoms with E-state index in [9.17, 15) is 0 Å². The standard InChI is InChI=1S/C8H13N3O/c9-8-5-10-6-11(8)7-1-3-12-4-2-7/h5-7H,1-4,9H2. The summed E-state index contributed by atoms with van der Waals surface area (Å²) in [6.45, 7) is 1.67. The Kier molecular flexibility index (Phi) is 1.99. The van der Waals surface area contributed by atoms with E-state index in [0.29, 0.717) is 6.04 Å². The molecule has 0 radical (unpaired) electrons. The number of aromatic nitrogens is 2. The van der Waals surface area contributed by atoms with Crippen LogP contribution in [0, 0.1) is 0 Å². The maximum absolute atomic E-state index is 5.73. The van der Waals surface area contributed by atoms with Gasteiger partial charge in [-0.1, -0.05) is 0 Å². The maximum atomic E-state index is 5.73. The Morgan fingerprint density at radius 3 is 2.83 bits per heavy atom.